The molecule has 0 saturated carbocycles. The Balaban J connectivity index is 1.73. The van der Waals surface area contributed by atoms with E-state index in [1.54, 1.807) is 0 Å². The van der Waals surface area contributed by atoms with Crippen molar-refractivity contribution in [3.8, 4) is 0 Å². The molecular formula is C17H26N4S. The van der Waals surface area contributed by atoms with Gasteiger partial charge in [0.2, 0.25) is 5.11 Å². The molecule has 22 heavy (non-hydrogen) atoms. The lowest BCUT2D eigenvalue weighted by molar-refractivity contribution is 0.184. The molecule has 1 N–H and O–H groups in total. The van der Waals surface area contributed by atoms with Crippen molar-refractivity contribution in [1.82, 2.24) is 15.4 Å². The highest BCUT2D eigenvalue weighted by Crippen LogP contribution is 2.20. The molecule has 4 nitrogen and oxygen atoms in total. The van der Waals surface area contributed by atoms with E-state index in [0.29, 0.717) is 0 Å². The van der Waals surface area contributed by atoms with Crippen molar-refractivity contribution in [1.29, 1.82) is 0 Å². The van der Waals surface area contributed by atoms with Crippen LogP contribution in [0.2, 0.25) is 0 Å². The van der Waals surface area contributed by atoms with Gasteiger partial charge >= 0.3 is 0 Å². The van der Waals surface area contributed by atoms with E-state index >= 15 is 0 Å². The number of nitrogens with zero attached hydrogens (tertiary/aromatic N) is 3. The fraction of sp³-hybridized carbons (Fsp3) is 0.588. The second-order valence-corrected chi connectivity index (χ2v) is 6.51. The summed E-state index contributed by atoms with van der Waals surface area (Å²) in [6, 6.07) is 10.5. The van der Waals surface area contributed by atoms with Crippen molar-refractivity contribution in [3.05, 3.63) is 30.3 Å². The highest BCUT2D eigenvalue weighted by atomic mass is 32.1. The zero-order valence-electron chi connectivity index (χ0n) is 13.2. The van der Waals surface area contributed by atoms with Crippen LogP contribution in [0.25, 0.3) is 0 Å². The predicted molar refractivity (Wildman–Crippen MR) is 95.5 cm³/mol. The number of rotatable bonds is 3. The molecule has 2 aliphatic rings. The monoisotopic (exact) mass is 318 g/mol. The first-order chi connectivity index (χ1) is 10.8. The van der Waals surface area contributed by atoms with Gasteiger partial charge in [0.25, 0.3) is 0 Å². The predicted octanol–water partition coefficient (Wildman–Crippen LogP) is 3.17. The third-order valence-electron chi connectivity index (χ3n) is 4.42. The van der Waals surface area contributed by atoms with E-state index in [4.69, 9.17) is 12.2 Å². The van der Waals surface area contributed by atoms with Gasteiger partial charge in [-0.15, -0.1) is 0 Å². The normalized spacial score (nSPS) is 20.5. The second kappa shape index (κ2) is 7.90. The van der Waals surface area contributed by atoms with Crippen molar-refractivity contribution in [2.75, 3.05) is 31.2 Å². The minimum Gasteiger partial charge on any atom is -0.294 e. The highest BCUT2D eigenvalue weighted by Gasteiger charge is 2.23. The Morgan fingerprint density at radius 1 is 0.864 bits per heavy atom. The molecule has 2 aliphatic heterocycles. The SMILES string of the molecule is S=C(NN1CCCCC1)N(c1ccccc1)N1CCCCC1. The molecule has 120 valence electrons. The Labute approximate surface area is 139 Å². The van der Waals surface area contributed by atoms with Crippen molar-refractivity contribution in [3.63, 3.8) is 0 Å². The van der Waals surface area contributed by atoms with Crippen LogP contribution in [0.4, 0.5) is 5.69 Å². The maximum Gasteiger partial charge on any atom is 0.203 e. The molecule has 0 bridgehead atoms. The number of thiocarbonyl (C=S) groups is 1. The second-order valence-electron chi connectivity index (χ2n) is 6.13. The summed E-state index contributed by atoms with van der Waals surface area (Å²) in [6.45, 7) is 4.33. The maximum absolute atomic E-state index is 5.75. The van der Waals surface area contributed by atoms with Gasteiger partial charge in [-0.05, 0) is 50.0 Å². The van der Waals surface area contributed by atoms with Crippen molar-refractivity contribution < 1.29 is 0 Å². The molecule has 3 rings (SSSR count). The number of hydrazine groups is 2. The van der Waals surface area contributed by atoms with Gasteiger partial charge < -0.3 is 0 Å². The number of hydrogen-bond acceptors (Lipinski definition) is 3. The van der Waals surface area contributed by atoms with E-state index in [1.165, 1.54) is 38.5 Å². The molecular weight excluding hydrogens is 292 g/mol. The van der Waals surface area contributed by atoms with E-state index < -0.39 is 0 Å². The highest BCUT2D eigenvalue weighted by molar-refractivity contribution is 7.80. The molecule has 0 unspecified atom stereocenters. The minimum atomic E-state index is 0.801. The molecule has 0 spiro atoms. The molecule has 0 aromatic heterocycles. The van der Waals surface area contributed by atoms with E-state index in [0.717, 1.165) is 37.0 Å². The molecule has 2 heterocycles. The number of hydrogen-bond donors (Lipinski definition) is 1. The number of benzene rings is 1. The Kier molecular flexibility index (Phi) is 5.64. The fourth-order valence-electron chi connectivity index (χ4n) is 3.24. The summed E-state index contributed by atoms with van der Waals surface area (Å²) in [6.07, 6.45) is 7.66. The Morgan fingerprint density at radius 2 is 1.45 bits per heavy atom. The Bertz CT molecular complexity index is 467. The van der Waals surface area contributed by atoms with Crippen LogP contribution >= 0.6 is 12.2 Å². The fourth-order valence-corrected chi connectivity index (χ4v) is 3.59. The molecule has 0 radical (unpaired) electrons. The van der Waals surface area contributed by atoms with Crippen molar-refractivity contribution in [2.45, 2.75) is 38.5 Å². The number of piperidine rings is 2. The molecule has 0 amide bonds. The topological polar surface area (TPSA) is 21.8 Å². The third-order valence-corrected chi connectivity index (χ3v) is 4.68. The molecule has 1 aromatic rings. The molecule has 2 fully saturated rings. The smallest absolute Gasteiger partial charge is 0.203 e. The summed E-state index contributed by atoms with van der Waals surface area (Å²) >= 11 is 5.75. The van der Waals surface area contributed by atoms with Crippen LogP contribution in [-0.4, -0.2) is 41.3 Å². The largest absolute Gasteiger partial charge is 0.294 e. The van der Waals surface area contributed by atoms with Crippen LogP contribution in [0.3, 0.4) is 0 Å². The zero-order chi connectivity index (χ0) is 15.2. The van der Waals surface area contributed by atoms with Gasteiger partial charge in [-0.2, -0.15) is 0 Å². The van der Waals surface area contributed by atoms with E-state index in [9.17, 15) is 0 Å². The van der Waals surface area contributed by atoms with Crippen molar-refractivity contribution in [2.24, 2.45) is 0 Å². The summed E-state index contributed by atoms with van der Waals surface area (Å²) in [7, 11) is 0. The minimum absolute atomic E-state index is 0.801. The van der Waals surface area contributed by atoms with Crippen LogP contribution in [0.15, 0.2) is 30.3 Å². The summed E-state index contributed by atoms with van der Waals surface area (Å²) in [5.74, 6) is 0. The van der Waals surface area contributed by atoms with Crippen LogP contribution in [-0.2, 0) is 0 Å². The molecule has 0 aliphatic carbocycles. The van der Waals surface area contributed by atoms with Gasteiger partial charge in [0.1, 0.15) is 0 Å². The standard InChI is InChI=1S/C17H26N4S/c22-17(18-19-12-6-2-7-13-19)21(16-10-4-1-5-11-16)20-14-8-3-9-15-20/h1,4-5,10-11H,2-3,6-9,12-15H2,(H,18,22). The van der Waals surface area contributed by atoms with Gasteiger partial charge in [-0.1, -0.05) is 31.0 Å². The average Bonchev–Trinajstić information content (AvgIpc) is 2.58. The lowest BCUT2D eigenvalue weighted by Crippen LogP contribution is -2.57. The summed E-state index contributed by atoms with van der Waals surface area (Å²) in [5, 5.41) is 7.66. The van der Waals surface area contributed by atoms with E-state index in [2.05, 4.69) is 50.8 Å². The summed E-state index contributed by atoms with van der Waals surface area (Å²) in [5.41, 5.74) is 4.62. The first kappa shape index (κ1) is 15.7. The third kappa shape index (κ3) is 3.97. The number of para-hydroxylation sites is 1. The van der Waals surface area contributed by atoms with Gasteiger partial charge in [0.05, 0.1) is 5.69 Å². The molecule has 0 atom stereocenters. The Morgan fingerprint density at radius 3 is 2.09 bits per heavy atom. The number of nitrogens with one attached hydrogen (secondary N) is 1. The lowest BCUT2D eigenvalue weighted by Gasteiger charge is -2.40. The molecule has 2 saturated heterocycles. The summed E-state index contributed by atoms with van der Waals surface area (Å²) < 4.78 is 0. The van der Waals surface area contributed by atoms with Crippen LogP contribution < -0.4 is 10.4 Å². The first-order valence-corrected chi connectivity index (χ1v) is 8.91. The maximum atomic E-state index is 5.75. The first-order valence-electron chi connectivity index (χ1n) is 8.50. The van der Waals surface area contributed by atoms with E-state index in [1.807, 2.05) is 0 Å². The molecule has 5 heteroatoms. The lowest BCUT2D eigenvalue weighted by atomic mass is 10.1. The Hall–Kier alpha value is -1.17. The quantitative estimate of drug-likeness (QED) is 0.862. The average molecular weight is 318 g/mol. The van der Waals surface area contributed by atoms with Crippen LogP contribution in [0, 0.1) is 0 Å². The van der Waals surface area contributed by atoms with Crippen LogP contribution in [0.5, 0.6) is 0 Å². The summed E-state index contributed by atoms with van der Waals surface area (Å²) in [4.78, 5) is 0. The molecule has 1 aromatic carbocycles. The van der Waals surface area contributed by atoms with Gasteiger partial charge in [0.15, 0.2) is 0 Å². The van der Waals surface area contributed by atoms with Gasteiger partial charge in [0, 0.05) is 26.2 Å². The van der Waals surface area contributed by atoms with Crippen molar-refractivity contribution >= 4 is 23.0 Å². The van der Waals surface area contributed by atoms with Crippen LogP contribution in [0.1, 0.15) is 38.5 Å². The van der Waals surface area contributed by atoms with Gasteiger partial charge in [-0.3, -0.25) is 5.43 Å². The van der Waals surface area contributed by atoms with E-state index in [-0.39, 0.29) is 0 Å². The number of anilines is 1. The zero-order valence-corrected chi connectivity index (χ0v) is 14.0. The van der Waals surface area contributed by atoms with Gasteiger partial charge in [-0.25, -0.2) is 15.0 Å².